The summed E-state index contributed by atoms with van der Waals surface area (Å²) in [5.41, 5.74) is 0. The van der Waals surface area contributed by atoms with Crippen LogP contribution in [0.3, 0.4) is 0 Å². The van der Waals surface area contributed by atoms with Gasteiger partial charge >= 0.3 is 0 Å². The van der Waals surface area contributed by atoms with Gasteiger partial charge in [-0.15, -0.1) is 0 Å². The van der Waals surface area contributed by atoms with Crippen molar-refractivity contribution in [3.63, 3.8) is 0 Å². The highest BCUT2D eigenvalue weighted by Crippen LogP contribution is 2.22. The molecule has 0 spiro atoms. The quantitative estimate of drug-likeness (QED) is 0.585. The Hall–Kier alpha value is -0.690. The minimum atomic E-state index is -0.550. The van der Waals surface area contributed by atoms with Gasteiger partial charge in [-0.3, -0.25) is 4.79 Å². The molecule has 1 aliphatic heterocycles. The Kier molecular flexibility index (Phi) is 4.97. The van der Waals surface area contributed by atoms with Crippen LogP contribution < -0.4 is 0 Å². The third kappa shape index (κ3) is 2.66. The molecule has 6 heteroatoms. The number of carbonyl (C=O) groups excluding carboxylic acids is 1. The first-order chi connectivity index (χ1) is 7.28. The predicted octanol–water partition coefficient (Wildman–Crippen LogP) is -0.439. The lowest BCUT2D eigenvalue weighted by Crippen LogP contribution is -2.56. The lowest BCUT2D eigenvalue weighted by atomic mass is 10.0. The van der Waals surface area contributed by atoms with Crippen LogP contribution in [0.4, 0.5) is 0 Å². The molecule has 0 amide bonds. The van der Waals surface area contributed by atoms with Gasteiger partial charge in [0.2, 0.25) is 0 Å². The Morgan fingerprint density at radius 1 is 1.13 bits per heavy atom. The fraction of sp³-hybridized carbons (Fsp3) is 0.889. The van der Waals surface area contributed by atoms with Crippen molar-refractivity contribution in [3.8, 4) is 0 Å². The van der Waals surface area contributed by atoms with Crippen molar-refractivity contribution in [1.29, 1.82) is 0 Å². The van der Waals surface area contributed by atoms with Crippen molar-refractivity contribution in [1.82, 2.24) is 0 Å². The molecule has 0 unspecified atom stereocenters. The fourth-order valence-electron chi connectivity index (χ4n) is 1.62. The van der Waals surface area contributed by atoms with Crippen molar-refractivity contribution < 1.29 is 28.5 Å². The molecule has 1 aliphatic rings. The summed E-state index contributed by atoms with van der Waals surface area (Å²) < 4.78 is 25.7. The fourth-order valence-corrected chi connectivity index (χ4v) is 1.62. The van der Waals surface area contributed by atoms with Crippen LogP contribution in [0.25, 0.3) is 0 Å². The van der Waals surface area contributed by atoms with E-state index in [1.165, 1.54) is 21.3 Å². The normalized spacial score (nSPS) is 36.2. The summed E-state index contributed by atoms with van der Waals surface area (Å²) in [6.07, 6.45) is -1.90. The van der Waals surface area contributed by atoms with E-state index in [4.69, 9.17) is 23.7 Å². The molecule has 88 valence electrons. The van der Waals surface area contributed by atoms with Crippen molar-refractivity contribution in [3.05, 3.63) is 0 Å². The van der Waals surface area contributed by atoms with Gasteiger partial charge in [0.05, 0.1) is 6.61 Å². The second kappa shape index (κ2) is 6.02. The minimum Gasteiger partial charge on any atom is -0.459 e. The molecule has 15 heavy (non-hydrogen) atoms. The molecular formula is C9H16O6. The van der Waals surface area contributed by atoms with Gasteiger partial charge in [-0.25, -0.2) is 0 Å². The molecule has 0 aromatic rings. The summed E-state index contributed by atoms with van der Waals surface area (Å²) in [6.45, 7) is 0.675. The molecule has 6 nitrogen and oxygen atoms in total. The van der Waals surface area contributed by atoms with E-state index in [0.717, 1.165) is 0 Å². The van der Waals surface area contributed by atoms with Crippen LogP contribution in [0.5, 0.6) is 0 Å². The predicted molar refractivity (Wildman–Crippen MR) is 49.3 cm³/mol. The Morgan fingerprint density at radius 3 is 2.33 bits per heavy atom. The van der Waals surface area contributed by atoms with Gasteiger partial charge < -0.3 is 23.7 Å². The van der Waals surface area contributed by atoms with Crippen molar-refractivity contribution in [2.24, 2.45) is 0 Å². The van der Waals surface area contributed by atoms with E-state index < -0.39 is 18.5 Å². The zero-order valence-electron chi connectivity index (χ0n) is 9.04. The van der Waals surface area contributed by atoms with E-state index in [2.05, 4.69) is 0 Å². The third-order valence-electron chi connectivity index (χ3n) is 2.40. The molecule has 4 atom stereocenters. The lowest BCUT2D eigenvalue weighted by Gasteiger charge is -2.39. The number of carbonyl (C=O) groups is 1. The summed E-state index contributed by atoms with van der Waals surface area (Å²) in [5, 5.41) is 0. The average molecular weight is 220 g/mol. The molecule has 0 saturated carbocycles. The van der Waals surface area contributed by atoms with Gasteiger partial charge in [0.15, 0.2) is 12.4 Å². The van der Waals surface area contributed by atoms with Gasteiger partial charge in [-0.1, -0.05) is 0 Å². The van der Waals surface area contributed by atoms with Gasteiger partial charge in [-0.05, 0) is 0 Å². The second-order valence-electron chi connectivity index (χ2n) is 3.11. The molecule has 0 bridgehead atoms. The Balaban J connectivity index is 2.72. The van der Waals surface area contributed by atoms with Gasteiger partial charge in [0.25, 0.3) is 6.47 Å². The smallest absolute Gasteiger partial charge is 0.293 e. The number of ether oxygens (including phenoxy) is 5. The standard InChI is InChI=1S/C9H16O6/c1-11-6-4-14-9(13-3)8(12-2)7(6)15-5-10/h5-9H,4H2,1-3H3/t6-,7-,8+,9+/m1/s1. The summed E-state index contributed by atoms with van der Waals surface area (Å²) in [7, 11) is 4.52. The maximum Gasteiger partial charge on any atom is 0.293 e. The number of rotatable bonds is 5. The maximum atomic E-state index is 10.4. The first kappa shape index (κ1) is 12.4. The van der Waals surface area contributed by atoms with Crippen LogP contribution in [0.15, 0.2) is 0 Å². The molecule has 0 aliphatic carbocycles. The van der Waals surface area contributed by atoms with Crippen molar-refractivity contribution >= 4 is 6.47 Å². The molecule has 0 aromatic heterocycles. The van der Waals surface area contributed by atoms with E-state index >= 15 is 0 Å². The summed E-state index contributed by atoms with van der Waals surface area (Å²) in [4.78, 5) is 10.4. The topological polar surface area (TPSA) is 63.2 Å². The summed E-state index contributed by atoms with van der Waals surface area (Å²) in [5.74, 6) is 0. The van der Waals surface area contributed by atoms with E-state index in [0.29, 0.717) is 13.1 Å². The zero-order chi connectivity index (χ0) is 11.3. The Bertz CT molecular complexity index is 197. The van der Waals surface area contributed by atoms with Crippen LogP contribution in [-0.2, 0) is 28.5 Å². The minimum absolute atomic E-state index is 0.299. The lowest BCUT2D eigenvalue weighted by molar-refractivity contribution is -0.273. The van der Waals surface area contributed by atoms with Crippen molar-refractivity contribution in [2.45, 2.75) is 24.6 Å². The first-order valence-electron chi connectivity index (χ1n) is 4.57. The summed E-state index contributed by atoms with van der Waals surface area (Å²) in [6, 6.07) is 0. The van der Waals surface area contributed by atoms with Gasteiger partial charge in [0, 0.05) is 21.3 Å². The van der Waals surface area contributed by atoms with Crippen LogP contribution in [-0.4, -0.2) is 59.0 Å². The zero-order valence-corrected chi connectivity index (χ0v) is 9.04. The monoisotopic (exact) mass is 220 g/mol. The molecule has 1 rings (SSSR count). The molecule has 1 fully saturated rings. The highest BCUT2D eigenvalue weighted by atomic mass is 16.7. The number of hydrogen-bond acceptors (Lipinski definition) is 6. The van der Waals surface area contributed by atoms with Crippen molar-refractivity contribution in [2.75, 3.05) is 27.9 Å². The largest absolute Gasteiger partial charge is 0.459 e. The molecule has 0 N–H and O–H groups in total. The van der Waals surface area contributed by atoms with Crippen LogP contribution in [0.2, 0.25) is 0 Å². The molecule has 1 heterocycles. The van der Waals surface area contributed by atoms with Crippen LogP contribution in [0.1, 0.15) is 0 Å². The number of methoxy groups -OCH3 is 3. The SMILES string of the molecule is CO[C@H]1OC[C@@H](OC)[C@@H](OC=O)[C@@H]1OC. The Morgan fingerprint density at radius 2 is 1.87 bits per heavy atom. The molecule has 0 aromatic carbocycles. The van der Waals surface area contributed by atoms with Crippen LogP contribution in [0, 0.1) is 0 Å². The number of hydrogen-bond donors (Lipinski definition) is 0. The van der Waals surface area contributed by atoms with Crippen LogP contribution >= 0.6 is 0 Å². The second-order valence-corrected chi connectivity index (χ2v) is 3.11. The average Bonchev–Trinajstić information content (AvgIpc) is 2.28. The highest BCUT2D eigenvalue weighted by molar-refractivity contribution is 5.37. The summed E-state index contributed by atoms with van der Waals surface area (Å²) >= 11 is 0. The first-order valence-corrected chi connectivity index (χ1v) is 4.57. The van der Waals surface area contributed by atoms with E-state index in [-0.39, 0.29) is 6.10 Å². The van der Waals surface area contributed by atoms with E-state index in [1.54, 1.807) is 0 Å². The van der Waals surface area contributed by atoms with E-state index in [1.807, 2.05) is 0 Å². The highest BCUT2D eigenvalue weighted by Gasteiger charge is 2.42. The molecule has 1 saturated heterocycles. The molecule has 0 radical (unpaired) electrons. The van der Waals surface area contributed by atoms with E-state index in [9.17, 15) is 4.79 Å². The third-order valence-corrected chi connectivity index (χ3v) is 2.40. The van der Waals surface area contributed by atoms with Gasteiger partial charge in [0.1, 0.15) is 12.2 Å². The molecular weight excluding hydrogens is 204 g/mol. The maximum absolute atomic E-state index is 10.4. The Labute approximate surface area is 88.4 Å². The van der Waals surface area contributed by atoms with Gasteiger partial charge in [-0.2, -0.15) is 0 Å².